The van der Waals surface area contributed by atoms with E-state index in [0.29, 0.717) is 18.5 Å². The highest BCUT2D eigenvalue weighted by molar-refractivity contribution is 7.98. The minimum Gasteiger partial charge on any atom is -0.497 e. The van der Waals surface area contributed by atoms with Crippen LogP contribution in [0.2, 0.25) is 0 Å². The van der Waals surface area contributed by atoms with Gasteiger partial charge in [0, 0.05) is 29.1 Å². The average Bonchev–Trinajstić information content (AvgIpc) is 2.82. The van der Waals surface area contributed by atoms with E-state index in [4.69, 9.17) is 4.74 Å². The lowest BCUT2D eigenvalue weighted by Crippen LogP contribution is -2.63. The van der Waals surface area contributed by atoms with Crippen molar-refractivity contribution in [3.8, 4) is 5.75 Å². The summed E-state index contributed by atoms with van der Waals surface area (Å²) in [5.74, 6) is 0.377. The quantitative estimate of drug-likeness (QED) is 0.558. The Hall–Kier alpha value is -3.25. The number of nitrogens with one attached hydrogen (secondary N) is 1. The fourth-order valence-electron chi connectivity index (χ4n) is 4.17. The van der Waals surface area contributed by atoms with Crippen molar-refractivity contribution in [2.24, 2.45) is 0 Å². The number of anilines is 1. The van der Waals surface area contributed by atoms with Crippen molar-refractivity contribution < 1.29 is 14.3 Å². The van der Waals surface area contributed by atoms with Gasteiger partial charge in [-0.15, -0.1) is 11.8 Å². The van der Waals surface area contributed by atoms with Gasteiger partial charge in [0.25, 0.3) is 5.91 Å². The minimum absolute atomic E-state index is 0.163. The molecule has 5 nitrogen and oxygen atoms in total. The van der Waals surface area contributed by atoms with E-state index in [1.807, 2.05) is 86.0 Å². The van der Waals surface area contributed by atoms with Crippen LogP contribution in [0.25, 0.3) is 0 Å². The number of thioether (sulfide) groups is 1. The van der Waals surface area contributed by atoms with Gasteiger partial charge >= 0.3 is 0 Å². The van der Waals surface area contributed by atoms with Crippen LogP contribution in [0.5, 0.6) is 5.75 Å². The van der Waals surface area contributed by atoms with Crippen LogP contribution in [-0.4, -0.2) is 30.7 Å². The molecule has 0 radical (unpaired) electrons. The van der Waals surface area contributed by atoms with E-state index in [2.05, 4.69) is 5.32 Å². The number of amides is 2. The predicted octanol–water partition coefficient (Wildman–Crippen LogP) is 4.70. The summed E-state index contributed by atoms with van der Waals surface area (Å²) in [6.45, 7) is 2.19. The Kier molecular flexibility index (Phi) is 6.24. The second-order valence-corrected chi connectivity index (χ2v) is 8.86. The number of rotatable bonds is 6. The van der Waals surface area contributed by atoms with Crippen LogP contribution < -0.4 is 15.0 Å². The van der Waals surface area contributed by atoms with Gasteiger partial charge in [-0.25, -0.2) is 0 Å². The molecule has 0 unspecified atom stereocenters. The van der Waals surface area contributed by atoms with Gasteiger partial charge < -0.3 is 10.1 Å². The second-order valence-electron chi connectivity index (χ2n) is 7.98. The molecule has 3 aromatic rings. The molecule has 1 atom stereocenters. The van der Waals surface area contributed by atoms with E-state index in [9.17, 15) is 9.59 Å². The molecule has 0 saturated heterocycles. The lowest BCUT2D eigenvalue weighted by molar-refractivity contribution is -0.126. The first kappa shape index (κ1) is 22.0. The fourth-order valence-corrected chi connectivity index (χ4v) is 4.62. The third-order valence-corrected chi connectivity index (χ3v) is 6.59. The molecule has 1 aliphatic heterocycles. The van der Waals surface area contributed by atoms with E-state index < -0.39 is 5.54 Å². The monoisotopic (exact) mass is 446 g/mol. The van der Waals surface area contributed by atoms with Crippen molar-refractivity contribution in [2.45, 2.75) is 30.3 Å². The van der Waals surface area contributed by atoms with Gasteiger partial charge in [-0.05, 0) is 60.7 Å². The molecule has 0 fully saturated rings. The van der Waals surface area contributed by atoms with E-state index in [1.54, 1.807) is 23.8 Å². The van der Waals surface area contributed by atoms with Gasteiger partial charge in [0.1, 0.15) is 11.3 Å². The molecule has 164 valence electrons. The summed E-state index contributed by atoms with van der Waals surface area (Å²) < 4.78 is 5.28. The Bertz CT molecular complexity index is 1160. The van der Waals surface area contributed by atoms with Crippen LogP contribution >= 0.6 is 11.8 Å². The number of methoxy groups -OCH3 is 1. The van der Waals surface area contributed by atoms with E-state index in [-0.39, 0.29) is 11.8 Å². The summed E-state index contributed by atoms with van der Waals surface area (Å²) in [5, 5.41) is 3.05. The third-order valence-electron chi connectivity index (χ3n) is 5.87. The topological polar surface area (TPSA) is 58.6 Å². The number of ether oxygens (including phenoxy) is 1. The van der Waals surface area contributed by atoms with Crippen LogP contribution in [0, 0.1) is 0 Å². The zero-order valence-electron chi connectivity index (χ0n) is 18.4. The zero-order chi connectivity index (χ0) is 22.7. The Morgan fingerprint density at radius 1 is 1.09 bits per heavy atom. The Morgan fingerprint density at radius 3 is 2.66 bits per heavy atom. The third kappa shape index (κ3) is 4.10. The Labute approximate surface area is 192 Å². The number of hydrogen-bond donors (Lipinski definition) is 1. The molecule has 0 aromatic heterocycles. The van der Waals surface area contributed by atoms with Crippen molar-refractivity contribution in [1.29, 1.82) is 0 Å². The molecule has 4 rings (SSSR count). The Balaban J connectivity index is 1.70. The normalized spacial score (nSPS) is 17.6. The maximum atomic E-state index is 13.6. The Morgan fingerprint density at radius 2 is 1.88 bits per heavy atom. The van der Waals surface area contributed by atoms with Crippen molar-refractivity contribution >= 4 is 29.3 Å². The van der Waals surface area contributed by atoms with Crippen molar-refractivity contribution in [3.63, 3.8) is 0 Å². The molecule has 1 N–H and O–H groups in total. The van der Waals surface area contributed by atoms with Crippen molar-refractivity contribution in [1.82, 2.24) is 5.32 Å². The molecule has 32 heavy (non-hydrogen) atoms. The number of hydrogen-bond acceptors (Lipinski definition) is 4. The van der Waals surface area contributed by atoms with E-state index in [0.717, 1.165) is 27.5 Å². The maximum Gasteiger partial charge on any atom is 0.259 e. The summed E-state index contributed by atoms with van der Waals surface area (Å²) in [6, 6.07) is 22.9. The highest BCUT2D eigenvalue weighted by Crippen LogP contribution is 2.36. The number of nitrogens with zero attached hydrogens (tertiary/aromatic N) is 1. The first-order valence-electron chi connectivity index (χ1n) is 10.4. The maximum absolute atomic E-state index is 13.6. The molecule has 0 spiro atoms. The molecule has 3 aromatic carbocycles. The minimum atomic E-state index is -1.07. The smallest absolute Gasteiger partial charge is 0.259 e. The largest absolute Gasteiger partial charge is 0.497 e. The van der Waals surface area contributed by atoms with Gasteiger partial charge in [-0.3, -0.25) is 14.5 Å². The predicted molar refractivity (Wildman–Crippen MR) is 128 cm³/mol. The molecule has 2 amide bonds. The van der Waals surface area contributed by atoms with Crippen LogP contribution in [0.4, 0.5) is 5.69 Å². The van der Waals surface area contributed by atoms with Crippen LogP contribution in [0.1, 0.15) is 28.4 Å². The lowest BCUT2D eigenvalue weighted by atomic mass is 9.82. The second kappa shape index (κ2) is 9.09. The zero-order valence-corrected chi connectivity index (χ0v) is 19.2. The first-order chi connectivity index (χ1) is 15.5. The highest BCUT2D eigenvalue weighted by atomic mass is 32.2. The molecule has 0 saturated carbocycles. The van der Waals surface area contributed by atoms with Crippen molar-refractivity contribution in [2.75, 3.05) is 18.3 Å². The lowest BCUT2D eigenvalue weighted by Gasteiger charge is -2.44. The SMILES string of the molecule is COc1cccc(CNC(=O)[C@@]2(C)Cc3ccccc3C(=O)N2c2cccc(SC)c2)c1. The summed E-state index contributed by atoms with van der Waals surface area (Å²) >= 11 is 1.60. The van der Waals surface area contributed by atoms with Crippen molar-refractivity contribution in [3.05, 3.63) is 89.5 Å². The average molecular weight is 447 g/mol. The number of fused-ring (bicyclic) bond motifs is 1. The summed E-state index contributed by atoms with van der Waals surface area (Å²) in [6.07, 6.45) is 2.43. The number of carbonyl (C=O) groups is 2. The van der Waals surface area contributed by atoms with Crippen LogP contribution in [0.3, 0.4) is 0 Å². The highest BCUT2D eigenvalue weighted by Gasteiger charge is 2.47. The number of benzene rings is 3. The molecular weight excluding hydrogens is 420 g/mol. The number of carbonyl (C=O) groups excluding carboxylic acids is 2. The molecular formula is C26H26N2O3S. The van der Waals surface area contributed by atoms with Crippen LogP contribution in [-0.2, 0) is 17.8 Å². The fraction of sp³-hybridized carbons (Fsp3) is 0.231. The molecule has 6 heteroatoms. The summed E-state index contributed by atoms with van der Waals surface area (Å²) in [5.41, 5.74) is 2.10. The van der Waals surface area contributed by atoms with Gasteiger partial charge in [-0.1, -0.05) is 36.4 Å². The molecule has 0 aliphatic carbocycles. The summed E-state index contributed by atoms with van der Waals surface area (Å²) in [7, 11) is 1.62. The molecule has 0 bridgehead atoms. The van der Waals surface area contributed by atoms with E-state index >= 15 is 0 Å². The van der Waals surface area contributed by atoms with Gasteiger partial charge in [0.2, 0.25) is 5.91 Å². The van der Waals surface area contributed by atoms with Crippen LogP contribution in [0.15, 0.2) is 77.7 Å². The van der Waals surface area contributed by atoms with Gasteiger partial charge in [0.05, 0.1) is 7.11 Å². The standard InChI is InChI=1S/C26H26N2O3S/c1-26(25(30)27-17-18-8-6-11-21(14-18)31-2)16-19-9-4-5-13-23(19)24(29)28(26)20-10-7-12-22(15-20)32-3/h4-15H,16-17H2,1-3H3,(H,27,30)/t26-/m1/s1. The van der Waals surface area contributed by atoms with Gasteiger partial charge in [-0.2, -0.15) is 0 Å². The van der Waals surface area contributed by atoms with E-state index in [1.165, 1.54) is 0 Å². The molecule has 1 aliphatic rings. The first-order valence-corrected chi connectivity index (χ1v) is 11.7. The van der Waals surface area contributed by atoms with Gasteiger partial charge in [0.15, 0.2) is 0 Å². The summed E-state index contributed by atoms with van der Waals surface area (Å²) in [4.78, 5) is 29.9. The molecule has 1 heterocycles.